The minimum Gasteiger partial charge on any atom is -0.494 e. The van der Waals surface area contributed by atoms with E-state index in [1.807, 2.05) is 20.8 Å². The lowest BCUT2D eigenvalue weighted by Crippen LogP contribution is -2.17. The van der Waals surface area contributed by atoms with Crippen molar-refractivity contribution in [2.75, 3.05) is 11.3 Å². The number of nitrogens with zero attached hydrogens (tertiary/aromatic N) is 2. The summed E-state index contributed by atoms with van der Waals surface area (Å²) in [6.45, 7) is 6.02. The first-order chi connectivity index (χ1) is 15.2. The molecule has 0 saturated carbocycles. The third-order valence-corrected chi connectivity index (χ3v) is 5.70. The number of nitrogens with one attached hydrogen (secondary N) is 1. The third-order valence-electron chi connectivity index (χ3n) is 4.11. The number of rotatable bonds is 9. The van der Waals surface area contributed by atoms with E-state index in [0.717, 1.165) is 0 Å². The molecule has 1 N–H and O–H groups in total. The number of sulfonamides is 1. The van der Waals surface area contributed by atoms with Crippen LogP contribution in [0.4, 0.5) is 5.69 Å². The van der Waals surface area contributed by atoms with Gasteiger partial charge in [0.2, 0.25) is 11.7 Å². The zero-order chi connectivity index (χ0) is 23.3. The largest absolute Gasteiger partial charge is 0.494 e. The average molecular weight is 476 g/mol. The van der Waals surface area contributed by atoms with Crippen LogP contribution in [0.25, 0.3) is 0 Å². The van der Waals surface area contributed by atoms with Crippen LogP contribution >= 0.6 is 11.6 Å². The van der Waals surface area contributed by atoms with Crippen LogP contribution in [0.15, 0.2) is 59.8 Å². The van der Waals surface area contributed by atoms with Gasteiger partial charge in [-0.2, -0.15) is 0 Å². The van der Waals surface area contributed by atoms with Crippen molar-refractivity contribution in [3.63, 3.8) is 0 Å². The number of carbonyl (C=O) groups is 1. The molecule has 0 unspecified atom stereocenters. The van der Waals surface area contributed by atoms with E-state index in [-0.39, 0.29) is 33.0 Å². The number of hydrogen-bond donors (Lipinski definition) is 1. The number of anilines is 1. The zero-order valence-corrected chi connectivity index (χ0v) is 19.3. The molecule has 0 spiro atoms. The number of benzene rings is 1. The molecule has 2 heterocycles. The van der Waals surface area contributed by atoms with Crippen molar-refractivity contribution in [3.8, 4) is 11.6 Å². The Morgan fingerprint density at radius 3 is 2.41 bits per heavy atom. The number of aromatic nitrogens is 2. The Morgan fingerprint density at radius 2 is 1.81 bits per heavy atom. The Kier molecular flexibility index (Phi) is 7.32. The van der Waals surface area contributed by atoms with Gasteiger partial charge in [-0.05, 0) is 57.2 Å². The molecular weight excluding hydrogens is 454 g/mol. The second kappa shape index (κ2) is 9.97. The fraction of sp³-hybridized carbons (Fsp3) is 0.227. The summed E-state index contributed by atoms with van der Waals surface area (Å²) in [7, 11) is -4.01. The summed E-state index contributed by atoms with van der Waals surface area (Å²) in [5.74, 6) is 0.399. The Bertz CT molecular complexity index is 1200. The van der Waals surface area contributed by atoms with E-state index in [1.165, 1.54) is 36.7 Å². The van der Waals surface area contributed by atoms with Gasteiger partial charge in [-0.3, -0.25) is 9.52 Å². The smallest absolute Gasteiger partial charge is 0.261 e. The Morgan fingerprint density at radius 1 is 1.09 bits per heavy atom. The number of pyridine rings is 2. The minimum atomic E-state index is -4.01. The van der Waals surface area contributed by atoms with Crippen molar-refractivity contribution in [2.45, 2.75) is 31.8 Å². The van der Waals surface area contributed by atoms with E-state index in [2.05, 4.69) is 14.7 Å². The predicted octanol–water partition coefficient (Wildman–Crippen LogP) is 4.35. The van der Waals surface area contributed by atoms with E-state index < -0.39 is 15.8 Å². The molecule has 0 saturated heterocycles. The lowest BCUT2D eigenvalue weighted by Gasteiger charge is -2.13. The summed E-state index contributed by atoms with van der Waals surface area (Å²) < 4.78 is 39.0. The van der Waals surface area contributed by atoms with Crippen LogP contribution < -0.4 is 14.2 Å². The van der Waals surface area contributed by atoms with E-state index in [0.29, 0.717) is 18.2 Å². The molecule has 0 aliphatic carbocycles. The van der Waals surface area contributed by atoms with Crippen LogP contribution in [-0.2, 0) is 10.0 Å². The maximum absolute atomic E-state index is 13.0. The highest BCUT2D eigenvalue weighted by Crippen LogP contribution is 2.25. The molecule has 10 heteroatoms. The lowest BCUT2D eigenvalue weighted by molar-refractivity contribution is 0.103. The summed E-state index contributed by atoms with van der Waals surface area (Å²) in [6, 6.07) is 10.3. The number of ether oxygens (including phenoxy) is 2. The summed E-state index contributed by atoms with van der Waals surface area (Å²) in [4.78, 5) is 21.2. The molecule has 0 aliphatic heterocycles. The Balaban J connectivity index is 1.89. The number of carbonyl (C=O) groups excluding carboxylic acids is 1. The van der Waals surface area contributed by atoms with Crippen LogP contribution in [0.1, 0.15) is 36.8 Å². The first kappa shape index (κ1) is 23.5. The van der Waals surface area contributed by atoms with Gasteiger partial charge < -0.3 is 9.47 Å². The molecule has 2 aromatic heterocycles. The molecule has 8 nitrogen and oxygen atoms in total. The zero-order valence-electron chi connectivity index (χ0n) is 17.7. The van der Waals surface area contributed by atoms with E-state index in [9.17, 15) is 13.2 Å². The van der Waals surface area contributed by atoms with E-state index >= 15 is 0 Å². The maximum atomic E-state index is 13.0. The van der Waals surface area contributed by atoms with E-state index in [4.69, 9.17) is 21.1 Å². The van der Waals surface area contributed by atoms with Crippen molar-refractivity contribution in [3.05, 3.63) is 71.1 Å². The monoisotopic (exact) mass is 475 g/mol. The fourth-order valence-corrected chi connectivity index (χ4v) is 3.96. The van der Waals surface area contributed by atoms with Gasteiger partial charge in [0.15, 0.2) is 0 Å². The number of hydrogen-bond acceptors (Lipinski definition) is 7. The summed E-state index contributed by atoms with van der Waals surface area (Å²) >= 11 is 6.01. The first-order valence-corrected chi connectivity index (χ1v) is 11.6. The highest BCUT2D eigenvalue weighted by molar-refractivity contribution is 7.92. The topological polar surface area (TPSA) is 107 Å². The summed E-state index contributed by atoms with van der Waals surface area (Å²) in [5, 5.41) is 0.171. The van der Waals surface area contributed by atoms with Crippen molar-refractivity contribution in [2.24, 2.45) is 0 Å². The highest BCUT2D eigenvalue weighted by atomic mass is 35.5. The summed E-state index contributed by atoms with van der Waals surface area (Å²) in [5.41, 5.74) is 0.0691. The molecule has 0 amide bonds. The van der Waals surface area contributed by atoms with Gasteiger partial charge in [-0.1, -0.05) is 11.6 Å². The van der Waals surface area contributed by atoms with Gasteiger partial charge in [0.25, 0.3) is 10.0 Å². The van der Waals surface area contributed by atoms with Crippen LogP contribution in [0, 0.1) is 0 Å². The second-order valence-corrected chi connectivity index (χ2v) is 9.06. The van der Waals surface area contributed by atoms with Crippen LogP contribution in [0.3, 0.4) is 0 Å². The van der Waals surface area contributed by atoms with Crippen molar-refractivity contribution in [1.82, 2.24) is 9.97 Å². The first-order valence-electron chi connectivity index (χ1n) is 9.78. The molecule has 0 aliphatic rings. The molecule has 3 rings (SSSR count). The predicted molar refractivity (Wildman–Crippen MR) is 121 cm³/mol. The molecular formula is C22H22ClN3O5S. The lowest BCUT2D eigenvalue weighted by atomic mass is 10.1. The fourth-order valence-electron chi connectivity index (χ4n) is 2.75. The quantitative estimate of drug-likeness (QED) is 0.458. The average Bonchev–Trinajstić information content (AvgIpc) is 2.74. The maximum Gasteiger partial charge on any atom is 0.261 e. The van der Waals surface area contributed by atoms with Gasteiger partial charge in [0.05, 0.1) is 28.3 Å². The van der Waals surface area contributed by atoms with E-state index in [1.54, 1.807) is 18.2 Å². The second-order valence-electron chi connectivity index (χ2n) is 6.94. The van der Waals surface area contributed by atoms with Gasteiger partial charge in [0, 0.05) is 24.0 Å². The number of ketones is 1. The molecule has 0 atom stereocenters. The normalized spacial score (nSPS) is 11.3. The van der Waals surface area contributed by atoms with Crippen LogP contribution in [0.5, 0.6) is 11.6 Å². The van der Waals surface area contributed by atoms with Gasteiger partial charge in [-0.25, -0.2) is 18.4 Å². The SMILES string of the molecule is CCOc1ccc(S(=O)(=O)Nc2cc(Cl)cnc2C(=O)c2ccc(OC(C)C)nc2)cc1. The van der Waals surface area contributed by atoms with Gasteiger partial charge in [0.1, 0.15) is 11.4 Å². The van der Waals surface area contributed by atoms with Crippen molar-refractivity contribution < 1.29 is 22.7 Å². The van der Waals surface area contributed by atoms with Crippen molar-refractivity contribution in [1.29, 1.82) is 0 Å². The van der Waals surface area contributed by atoms with Gasteiger partial charge in [-0.15, -0.1) is 0 Å². The minimum absolute atomic E-state index is 0.00354. The Labute approximate surface area is 191 Å². The molecule has 168 valence electrons. The Hall–Kier alpha value is -3.17. The molecule has 32 heavy (non-hydrogen) atoms. The molecule has 3 aromatic rings. The van der Waals surface area contributed by atoms with Gasteiger partial charge >= 0.3 is 0 Å². The summed E-state index contributed by atoms with van der Waals surface area (Å²) in [6.07, 6.45) is 2.55. The third kappa shape index (κ3) is 5.74. The highest BCUT2D eigenvalue weighted by Gasteiger charge is 2.22. The molecule has 0 bridgehead atoms. The van der Waals surface area contributed by atoms with Crippen LogP contribution in [0.2, 0.25) is 5.02 Å². The van der Waals surface area contributed by atoms with Crippen molar-refractivity contribution >= 4 is 33.1 Å². The molecule has 1 aromatic carbocycles. The molecule has 0 radical (unpaired) electrons. The number of halogens is 1. The standard InChI is InChI=1S/C22H22ClN3O5S/c1-4-30-17-6-8-18(9-7-17)32(28,29)26-19-11-16(23)13-25-21(19)22(27)15-5-10-20(24-12-15)31-14(2)3/h5-14,26H,4H2,1-3H3. The van der Waals surface area contributed by atoms with Crippen LogP contribution in [-0.4, -0.2) is 36.9 Å². The molecule has 0 fully saturated rings.